The summed E-state index contributed by atoms with van der Waals surface area (Å²) in [7, 11) is -3.69. The number of sulfonamides is 1. The van der Waals surface area contributed by atoms with Crippen LogP contribution in [0.4, 0.5) is 4.39 Å². The lowest BCUT2D eigenvalue weighted by atomic mass is 10.2. The van der Waals surface area contributed by atoms with E-state index in [9.17, 15) is 12.8 Å². The Balaban J connectivity index is 1.47. The normalized spacial score (nSPS) is 16.8. The SMILES string of the molecule is O=S(=O)(c1cccc2nonc12)N1CCN(Cc2ccc(F)c(Cl)c2)CC1. The first-order chi connectivity index (χ1) is 12.9. The Labute approximate surface area is 160 Å². The molecule has 4 rings (SSSR count). The van der Waals surface area contributed by atoms with E-state index in [0.29, 0.717) is 38.2 Å². The van der Waals surface area contributed by atoms with Gasteiger partial charge in [-0.2, -0.15) is 4.31 Å². The summed E-state index contributed by atoms with van der Waals surface area (Å²) in [6.07, 6.45) is 0. The van der Waals surface area contributed by atoms with E-state index >= 15 is 0 Å². The second-order valence-electron chi connectivity index (χ2n) is 6.32. The van der Waals surface area contributed by atoms with E-state index in [4.69, 9.17) is 11.6 Å². The predicted octanol–water partition coefficient (Wildman–Crippen LogP) is 2.52. The highest BCUT2D eigenvalue weighted by Crippen LogP contribution is 2.25. The highest BCUT2D eigenvalue weighted by molar-refractivity contribution is 7.89. The molecule has 3 aromatic rings. The molecule has 2 aromatic carbocycles. The predicted molar refractivity (Wildman–Crippen MR) is 97.2 cm³/mol. The summed E-state index contributed by atoms with van der Waals surface area (Å²) < 4.78 is 45.3. The maximum Gasteiger partial charge on any atom is 0.245 e. The molecule has 0 N–H and O–H groups in total. The molecule has 0 aliphatic carbocycles. The van der Waals surface area contributed by atoms with Crippen molar-refractivity contribution in [3.05, 3.63) is 52.8 Å². The van der Waals surface area contributed by atoms with Gasteiger partial charge in [0.25, 0.3) is 0 Å². The summed E-state index contributed by atoms with van der Waals surface area (Å²) in [5.41, 5.74) is 1.53. The van der Waals surface area contributed by atoms with Crippen molar-refractivity contribution in [2.75, 3.05) is 26.2 Å². The fourth-order valence-electron chi connectivity index (χ4n) is 3.15. The minimum absolute atomic E-state index is 0.0861. The van der Waals surface area contributed by atoms with Gasteiger partial charge in [-0.25, -0.2) is 17.4 Å². The summed E-state index contributed by atoms with van der Waals surface area (Å²) in [5, 5.41) is 7.50. The average molecular weight is 411 g/mol. The Morgan fingerprint density at radius 3 is 2.63 bits per heavy atom. The van der Waals surface area contributed by atoms with Crippen molar-refractivity contribution in [1.82, 2.24) is 19.5 Å². The van der Waals surface area contributed by atoms with Gasteiger partial charge in [0.05, 0.1) is 5.02 Å². The molecule has 10 heteroatoms. The van der Waals surface area contributed by atoms with Crippen molar-refractivity contribution in [2.24, 2.45) is 0 Å². The zero-order chi connectivity index (χ0) is 19.0. The Morgan fingerprint density at radius 2 is 1.89 bits per heavy atom. The van der Waals surface area contributed by atoms with Crippen LogP contribution in [0.5, 0.6) is 0 Å². The number of benzene rings is 2. The number of fused-ring (bicyclic) bond motifs is 1. The average Bonchev–Trinajstić information content (AvgIpc) is 3.14. The van der Waals surface area contributed by atoms with E-state index < -0.39 is 15.8 Å². The molecular formula is C17H16ClFN4O3S. The Kier molecular flexibility index (Phi) is 4.85. The molecule has 1 aromatic heterocycles. The van der Waals surface area contributed by atoms with Crippen LogP contribution in [0, 0.1) is 5.82 Å². The van der Waals surface area contributed by atoms with E-state index in [-0.39, 0.29) is 15.4 Å². The fraction of sp³-hybridized carbons (Fsp3) is 0.294. The number of rotatable bonds is 4. The molecular weight excluding hydrogens is 395 g/mol. The molecule has 1 aliphatic rings. The summed E-state index contributed by atoms with van der Waals surface area (Å²) >= 11 is 5.82. The highest BCUT2D eigenvalue weighted by atomic mass is 35.5. The van der Waals surface area contributed by atoms with Gasteiger partial charge < -0.3 is 0 Å². The van der Waals surface area contributed by atoms with Crippen molar-refractivity contribution < 1.29 is 17.4 Å². The Morgan fingerprint density at radius 1 is 1.11 bits per heavy atom. The van der Waals surface area contributed by atoms with Gasteiger partial charge in [-0.1, -0.05) is 23.7 Å². The highest BCUT2D eigenvalue weighted by Gasteiger charge is 2.31. The second kappa shape index (κ2) is 7.16. The largest absolute Gasteiger partial charge is 0.296 e. The zero-order valence-electron chi connectivity index (χ0n) is 14.2. The molecule has 7 nitrogen and oxygen atoms in total. The van der Waals surface area contributed by atoms with Gasteiger partial charge in [0, 0.05) is 32.7 Å². The molecule has 0 unspecified atom stereocenters. The second-order valence-corrected chi connectivity index (χ2v) is 8.63. The van der Waals surface area contributed by atoms with Crippen LogP contribution in [0.3, 0.4) is 0 Å². The van der Waals surface area contributed by atoms with Crippen LogP contribution in [0.1, 0.15) is 5.56 Å². The van der Waals surface area contributed by atoms with Gasteiger partial charge in [-0.3, -0.25) is 4.90 Å². The van der Waals surface area contributed by atoms with Crippen molar-refractivity contribution in [3.8, 4) is 0 Å². The number of halogens is 2. The third kappa shape index (κ3) is 3.55. The number of aromatic nitrogens is 2. The molecule has 1 fully saturated rings. The minimum Gasteiger partial charge on any atom is -0.296 e. The third-order valence-corrected chi connectivity index (χ3v) is 6.81. The summed E-state index contributed by atoms with van der Waals surface area (Å²) in [6, 6.07) is 9.39. The number of hydrogen-bond donors (Lipinski definition) is 0. The Bertz CT molecular complexity index is 1080. The number of piperazine rings is 1. The molecule has 2 heterocycles. The van der Waals surface area contributed by atoms with E-state index in [1.807, 2.05) is 0 Å². The van der Waals surface area contributed by atoms with Gasteiger partial charge in [-0.05, 0) is 40.1 Å². The van der Waals surface area contributed by atoms with Gasteiger partial charge >= 0.3 is 0 Å². The maximum atomic E-state index is 13.3. The molecule has 1 aliphatic heterocycles. The van der Waals surface area contributed by atoms with Crippen LogP contribution in [-0.2, 0) is 16.6 Å². The van der Waals surface area contributed by atoms with Crippen molar-refractivity contribution in [2.45, 2.75) is 11.4 Å². The van der Waals surface area contributed by atoms with Crippen LogP contribution in [0.2, 0.25) is 5.02 Å². The van der Waals surface area contributed by atoms with Gasteiger partial charge in [-0.15, -0.1) is 0 Å². The van der Waals surface area contributed by atoms with Crippen LogP contribution >= 0.6 is 11.6 Å². The molecule has 1 saturated heterocycles. The van der Waals surface area contributed by atoms with Crippen LogP contribution in [-0.4, -0.2) is 54.1 Å². The smallest absolute Gasteiger partial charge is 0.245 e. The number of hydrogen-bond acceptors (Lipinski definition) is 6. The van der Waals surface area contributed by atoms with Crippen molar-refractivity contribution >= 4 is 32.7 Å². The zero-order valence-corrected chi connectivity index (χ0v) is 15.7. The third-order valence-electron chi connectivity index (χ3n) is 4.59. The van der Waals surface area contributed by atoms with Gasteiger partial charge in [0.1, 0.15) is 16.2 Å². The molecule has 0 amide bonds. The van der Waals surface area contributed by atoms with E-state index in [0.717, 1.165) is 5.56 Å². The maximum absolute atomic E-state index is 13.3. The molecule has 27 heavy (non-hydrogen) atoms. The summed E-state index contributed by atoms with van der Waals surface area (Å²) in [4.78, 5) is 2.20. The summed E-state index contributed by atoms with van der Waals surface area (Å²) in [5.74, 6) is -0.451. The molecule has 0 radical (unpaired) electrons. The van der Waals surface area contributed by atoms with Crippen LogP contribution in [0.15, 0.2) is 45.9 Å². The lowest BCUT2D eigenvalue weighted by Gasteiger charge is -2.34. The first kappa shape index (κ1) is 18.3. The lowest BCUT2D eigenvalue weighted by Crippen LogP contribution is -2.48. The van der Waals surface area contributed by atoms with E-state index in [2.05, 4.69) is 19.8 Å². The standard InChI is InChI=1S/C17H16ClFN4O3S/c18-13-10-12(4-5-14(13)19)11-22-6-8-23(9-7-22)27(24,25)16-3-1-2-15-17(16)21-26-20-15/h1-5,10H,6-9,11H2. The van der Waals surface area contributed by atoms with E-state index in [1.54, 1.807) is 24.3 Å². The quantitative estimate of drug-likeness (QED) is 0.657. The first-order valence-corrected chi connectivity index (χ1v) is 10.1. The van der Waals surface area contributed by atoms with Gasteiger partial charge in [0.15, 0.2) is 5.52 Å². The molecule has 0 atom stereocenters. The fourth-order valence-corrected chi connectivity index (χ4v) is 4.91. The molecule has 0 saturated carbocycles. The first-order valence-electron chi connectivity index (χ1n) is 8.33. The molecule has 0 spiro atoms. The van der Waals surface area contributed by atoms with Crippen molar-refractivity contribution in [3.63, 3.8) is 0 Å². The lowest BCUT2D eigenvalue weighted by molar-refractivity contribution is 0.181. The molecule has 0 bridgehead atoms. The van der Waals surface area contributed by atoms with Crippen molar-refractivity contribution in [1.29, 1.82) is 0 Å². The molecule has 142 valence electrons. The van der Waals surface area contributed by atoms with Gasteiger partial charge in [0.2, 0.25) is 10.0 Å². The summed E-state index contributed by atoms with van der Waals surface area (Å²) in [6.45, 7) is 2.39. The topological polar surface area (TPSA) is 79.5 Å². The van der Waals surface area contributed by atoms with E-state index in [1.165, 1.54) is 16.4 Å². The monoisotopic (exact) mass is 410 g/mol. The number of nitrogens with zero attached hydrogens (tertiary/aromatic N) is 4. The van der Waals surface area contributed by atoms with Crippen LogP contribution < -0.4 is 0 Å². The Hall–Kier alpha value is -2.07. The minimum atomic E-state index is -3.69. The van der Waals surface area contributed by atoms with Crippen LogP contribution in [0.25, 0.3) is 11.0 Å².